The lowest BCUT2D eigenvalue weighted by atomic mass is 9.96. The van der Waals surface area contributed by atoms with E-state index in [-0.39, 0.29) is 10.8 Å². The fraction of sp³-hybridized carbons (Fsp3) is 0.769. The zero-order valence-electron chi connectivity index (χ0n) is 10.8. The Bertz CT molecular complexity index is 406. The zero-order chi connectivity index (χ0) is 12.6. The third-order valence-corrected chi connectivity index (χ3v) is 4.85. The Hall–Kier alpha value is -0.210. The van der Waals surface area contributed by atoms with Gasteiger partial charge in [0.2, 0.25) is 0 Å². The number of hydrogen-bond acceptors (Lipinski definition) is 1. The summed E-state index contributed by atoms with van der Waals surface area (Å²) in [5.74, 6) is 0. The van der Waals surface area contributed by atoms with Crippen LogP contribution in [0.2, 0.25) is 5.02 Å². The molecule has 0 aromatic carbocycles. The molecule has 96 valence electrons. The van der Waals surface area contributed by atoms with Crippen molar-refractivity contribution in [1.82, 2.24) is 9.78 Å². The molecule has 0 aliphatic heterocycles. The van der Waals surface area contributed by atoms with E-state index in [0.717, 1.165) is 30.1 Å². The van der Waals surface area contributed by atoms with E-state index in [2.05, 4.69) is 25.9 Å². The average molecular weight is 275 g/mol. The van der Waals surface area contributed by atoms with Crippen LogP contribution >= 0.6 is 23.2 Å². The van der Waals surface area contributed by atoms with E-state index in [9.17, 15) is 0 Å². The molecule has 2 rings (SSSR count). The van der Waals surface area contributed by atoms with E-state index in [1.165, 1.54) is 18.5 Å². The van der Waals surface area contributed by atoms with Crippen molar-refractivity contribution in [3.8, 4) is 0 Å². The highest BCUT2D eigenvalue weighted by Gasteiger charge is 2.47. The first-order chi connectivity index (χ1) is 8.04. The highest BCUT2D eigenvalue weighted by atomic mass is 35.5. The van der Waals surface area contributed by atoms with Crippen LogP contribution in [-0.2, 0) is 19.4 Å². The van der Waals surface area contributed by atoms with Crippen LogP contribution in [0.1, 0.15) is 45.0 Å². The molecule has 1 atom stereocenters. The second kappa shape index (κ2) is 4.81. The van der Waals surface area contributed by atoms with Gasteiger partial charge in [0.1, 0.15) is 0 Å². The Balaban J connectivity index is 2.29. The van der Waals surface area contributed by atoms with E-state index < -0.39 is 0 Å². The maximum Gasteiger partial charge on any atom is 0.0850 e. The Morgan fingerprint density at radius 2 is 2.06 bits per heavy atom. The van der Waals surface area contributed by atoms with Crippen molar-refractivity contribution in [3.05, 3.63) is 16.4 Å². The molecule has 17 heavy (non-hydrogen) atoms. The van der Waals surface area contributed by atoms with Gasteiger partial charge in [-0.3, -0.25) is 4.68 Å². The van der Waals surface area contributed by atoms with Crippen molar-refractivity contribution in [3.63, 3.8) is 0 Å². The van der Waals surface area contributed by atoms with Crippen LogP contribution in [0.4, 0.5) is 0 Å². The van der Waals surface area contributed by atoms with Crippen molar-refractivity contribution in [1.29, 1.82) is 0 Å². The van der Waals surface area contributed by atoms with Gasteiger partial charge >= 0.3 is 0 Å². The number of hydrogen-bond donors (Lipinski definition) is 0. The predicted molar refractivity (Wildman–Crippen MR) is 73.0 cm³/mol. The van der Waals surface area contributed by atoms with Gasteiger partial charge in [0, 0.05) is 11.9 Å². The molecule has 1 saturated carbocycles. The maximum atomic E-state index is 6.42. The van der Waals surface area contributed by atoms with Crippen LogP contribution in [0.3, 0.4) is 0 Å². The number of rotatable bonds is 5. The minimum Gasteiger partial charge on any atom is -0.268 e. The second-order valence-corrected chi connectivity index (χ2v) is 6.06. The Morgan fingerprint density at radius 3 is 2.47 bits per heavy atom. The van der Waals surface area contributed by atoms with Gasteiger partial charge in [-0.2, -0.15) is 5.10 Å². The molecular formula is C13H20Cl2N2. The van der Waals surface area contributed by atoms with Crippen molar-refractivity contribution in [2.24, 2.45) is 5.41 Å². The SMILES string of the molecule is CCc1nn(CC)c(CC2(C(C)Cl)CC2)c1Cl. The van der Waals surface area contributed by atoms with Crippen LogP contribution in [0, 0.1) is 5.41 Å². The van der Waals surface area contributed by atoms with Crippen molar-refractivity contribution in [2.45, 2.75) is 58.4 Å². The molecule has 1 unspecified atom stereocenters. The molecule has 0 spiro atoms. The van der Waals surface area contributed by atoms with Crippen LogP contribution in [0.5, 0.6) is 0 Å². The summed E-state index contributed by atoms with van der Waals surface area (Å²) in [5.41, 5.74) is 2.46. The summed E-state index contributed by atoms with van der Waals surface area (Å²) in [6.07, 6.45) is 4.29. The fourth-order valence-electron chi connectivity index (χ4n) is 2.40. The maximum absolute atomic E-state index is 6.42. The van der Waals surface area contributed by atoms with E-state index in [0.29, 0.717) is 0 Å². The average Bonchev–Trinajstić information content (AvgIpc) is 3.02. The minimum absolute atomic E-state index is 0.212. The summed E-state index contributed by atoms with van der Waals surface area (Å²) in [6, 6.07) is 0. The predicted octanol–water partition coefficient (Wildman–Crippen LogP) is 4.07. The fourth-order valence-corrected chi connectivity index (χ4v) is 3.03. The zero-order valence-corrected chi connectivity index (χ0v) is 12.3. The highest BCUT2D eigenvalue weighted by Crippen LogP contribution is 2.53. The van der Waals surface area contributed by atoms with Crippen molar-refractivity contribution >= 4 is 23.2 Å². The number of aryl methyl sites for hydroxylation is 2. The largest absolute Gasteiger partial charge is 0.268 e. The lowest BCUT2D eigenvalue weighted by molar-refractivity contribution is 0.468. The Labute approximate surface area is 113 Å². The quantitative estimate of drug-likeness (QED) is 0.741. The third-order valence-electron chi connectivity index (χ3n) is 3.95. The summed E-state index contributed by atoms with van der Waals surface area (Å²) in [5, 5.41) is 5.63. The molecule has 1 heterocycles. The van der Waals surface area contributed by atoms with Gasteiger partial charge < -0.3 is 0 Å². The van der Waals surface area contributed by atoms with Gasteiger partial charge in [0.05, 0.1) is 16.4 Å². The van der Waals surface area contributed by atoms with Gasteiger partial charge in [-0.05, 0) is 44.9 Å². The molecule has 0 amide bonds. The number of aromatic nitrogens is 2. The summed E-state index contributed by atoms with van der Waals surface area (Å²) in [6.45, 7) is 7.17. The molecule has 0 saturated heterocycles. The van der Waals surface area contributed by atoms with Crippen LogP contribution < -0.4 is 0 Å². The van der Waals surface area contributed by atoms with Crippen LogP contribution in [0.25, 0.3) is 0 Å². The Morgan fingerprint density at radius 1 is 1.41 bits per heavy atom. The minimum atomic E-state index is 0.212. The topological polar surface area (TPSA) is 17.8 Å². The van der Waals surface area contributed by atoms with Gasteiger partial charge in [0.25, 0.3) is 0 Å². The van der Waals surface area contributed by atoms with E-state index in [1.54, 1.807) is 0 Å². The molecule has 0 bridgehead atoms. The normalized spacial score (nSPS) is 19.4. The first kappa shape index (κ1) is 13.2. The number of nitrogens with zero attached hydrogens (tertiary/aromatic N) is 2. The molecule has 1 aliphatic carbocycles. The lowest BCUT2D eigenvalue weighted by Gasteiger charge is -2.18. The molecule has 1 aromatic rings. The summed E-state index contributed by atoms with van der Waals surface area (Å²) < 4.78 is 2.04. The van der Waals surface area contributed by atoms with Crippen LogP contribution in [-0.4, -0.2) is 15.2 Å². The molecule has 1 fully saturated rings. The van der Waals surface area contributed by atoms with Gasteiger partial charge in [-0.1, -0.05) is 18.5 Å². The lowest BCUT2D eigenvalue weighted by Crippen LogP contribution is -2.18. The molecule has 1 aliphatic rings. The molecule has 4 heteroatoms. The first-order valence-corrected chi connectivity index (χ1v) is 7.23. The molecule has 0 N–H and O–H groups in total. The van der Waals surface area contributed by atoms with Crippen molar-refractivity contribution in [2.75, 3.05) is 0 Å². The van der Waals surface area contributed by atoms with Gasteiger partial charge in [-0.15, -0.1) is 11.6 Å². The van der Waals surface area contributed by atoms with E-state index >= 15 is 0 Å². The smallest absolute Gasteiger partial charge is 0.0850 e. The van der Waals surface area contributed by atoms with Gasteiger partial charge in [-0.25, -0.2) is 0 Å². The molecule has 2 nitrogen and oxygen atoms in total. The standard InChI is InChI=1S/C13H20Cl2N2/c1-4-10-12(15)11(17(5-2)16-10)8-13(6-7-13)9(3)14/h9H,4-8H2,1-3H3. The molecule has 1 aromatic heterocycles. The second-order valence-electron chi connectivity index (χ2n) is 5.03. The van der Waals surface area contributed by atoms with E-state index in [1.807, 2.05) is 4.68 Å². The first-order valence-electron chi connectivity index (χ1n) is 6.42. The highest BCUT2D eigenvalue weighted by molar-refractivity contribution is 6.32. The third kappa shape index (κ3) is 2.34. The summed E-state index contributed by atoms with van der Waals surface area (Å²) in [7, 11) is 0. The number of alkyl halides is 1. The number of halogens is 2. The summed E-state index contributed by atoms with van der Waals surface area (Å²) >= 11 is 12.7. The van der Waals surface area contributed by atoms with Crippen molar-refractivity contribution < 1.29 is 0 Å². The Kier molecular flexibility index (Phi) is 3.74. The summed E-state index contributed by atoms with van der Waals surface area (Å²) in [4.78, 5) is 0. The monoisotopic (exact) mass is 274 g/mol. The van der Waals surface area contributed by atoms with E-state index in [4.69, 9.17) is 23.2 Å². The van der Waals surface area contributed by atoms with Crippen LogP contribution in [0.15, 0.2) is 0 Å². The molecular weight excluding hydrogens is 255 g/mol. The van der Waals surface area contributed by atoms with Gasteiger partial charge in [0.15, 0.2) is 0 Å². The molecule has 0 radical (unpaired) electrons.